The van der Waals surface area contributed by atoms with Crippen molar-refractivity contribution in [3.63, 3.8) is 0 Å². The minimum atomic E-state index is 0.376. The summed E-state index contributed by atoms with van der Waals surface area (Å²) < 4.78 is 18.5. The van der Waals surface area contributed by atoms with Gasteiger partial charge in [0.2, 0.25) is 11.8 Å². The number of aromatic nitrogens is 6. The van der Waals surface area contributed by atoms with Gasteiger partial charge in [-0.3, -0.25) is 4.68 Å². The first-order chi connectivity index (χ1) is 19.4. The molecule has 4 heterocycles. The van der Waals surface area contributed by atoms with Crippen LogP contribution in [0, 0.1) is 6.92 Å². The molecule has 0 amide bonds. The van der Waals surface area contributed by atoms with Crippen LogP contribution in [0.3, 0.4) is 0 Å². The average Bonchev–Trinajstić information content (AvgIpc) is 3.56. The van der Waals surface area contributed by atoms with Gasteiger partial charge in [-0.05, 0) is 85.7 Å². The molecule has 212 valence electrons. The number of benzene rings is 1. The third-order valence-corrected chi connectivity index (χ3v) is 9.64. The molecule has 0 radical (unpaired) electrons. The molecule has 12 heteroatoms. The lowest BCUT2D eigenvalue weighted by atomic mass is 9.86. The fourth-order valence-electron chi connectivity index (χ4n) is 5.46. The number of fused-ring (bicyclic) bond motifs is 4. The van der Waals surface area contributed by atoms with Crippen LogP contribution < -0.4 is 14.8 Å². The second-order valence-corrected chi connectivity index (χ2v) is 12.9. The predicted octanol–water partition coefficient (Wildman–Crippen LogP) is 4.92. The van der Waals surface area contributed by atoms with Crippen molar-refractivity contribution in [2.24, 2.45) is 7.05 Å². The number of hydrogen-bond acceptors (Lipinski definition) is 7. The summed E-state index contributed by atoms with van der Waals surface area (Å²) in [6, 6.07) is 7.39. The SMILES string of the molecule is Cc1c2c(nn1C1CC(NCCN(C)C)C1)OCCCOc1c(cnn1C)-c1ccc3c(c1)c(nn3PI)/C=C/2. The molecule has 1 saturated carbocycles. The van der Waals surface area contributed by atoms with Crippen LogP contribution in [0.2, 0.25) is 0 Å². The number of likely N-dealkylation sites (N-methyl/N-ethyl adjacent to an activating group) is 1. The second kappa shape index (κ2) is 11.8. The normalized spacial score (nSPS) is 20.1. The molecule has 1 atom stereocenters. The lowest BCUT2D eigenvalue weighted by Crippen LogP contribution is -2.44. The highest BCUT2D eigenvalue weighted by molar-refractivity contribution is 14.2. The Balaban J connectivity index is 1.33. The molecule has 1 aliphatic heterocycles. The van der Waals surface area contributed by atoms with Crippen LogP contribution >= 0.6 is 28.4 Å². The summed E-state index contributed by atoms with van der Waals surface area (Å²) in [4.78, 5) is 2.21. The molecule has 1 unspecified atom stereocenters. The van der Waals surface area contributed by atoms with Crippen molar-refractivity contribution in [3.8, 4) is 22.9 Å². The molecule has 6 rings (SSSR count). The first-order valence-corrected chi connectivity index (χ1v) is 17.8. The van der Waals surface area contributed by atoms with Crippen LogP contribution in [-0.2, 0) is 7.05 Å². The monoisotopic (exact) mass is 674 g/mol. The van der Waals surface area contributed by atoms with Crippen LogP contribution in [0.4, 0.5) is 0 Å². The third-order valence-electron chi connectivity index (χ3n) is 7.77. The first-order valence-electron chi connectivity index (χ1n) is 13.8. The number of hydrogen-bond donors (Lipinski definition) is 1. The summed E-state index contributed by atoms with van der Waals surface area (Å²) in [7, 11) is 6.13. The van der Waals surface area contributed by atoms with E-state index in [1.807, 2.05) is 13.2 Å². The van der Waals surface area contributed by atoms with Crippen LogP contribution in [0.25, 0.3) is 34.2 Å². The van der Waals surface area contributed by atoms with Gasteiger partial charge >= 0.3 is 0 Å². The van der Waals surface area contributed by atoms with Crippen molar-refractivity contribution in [3.05, 3.63) is 41.3 Å². The Kier molecular flexibility index (Phi) is 8.16. The maximum Gasteiger partial charge on any atom is 0.240 e. The molecule has 40 heavy (non-hydrogen) atoms. The van der Waals surface area contributed by atoms with E-state index >= 15 is 0 Å². The Bertz CT molecular complexity index is 1530. The van der Waals surface area contributed by atoms with Gasteiger partial charge in [0, 0.05) is 43.7 Å². The highest BCUT2D eigenvalue weighted by atomic mass is 127. The Labute approximate surface area is 249 Å². The number of rotatable bonds is 6. The summed E-state index contributed by atoms with van der Waals surface area (Å²) in [5, 5.41) is 19.2. The van der Waals surface area contributed by atoms with Crippen molar-refractivity contribution in [1.82, 2.24) is 39.3 Å². The molecule has 0 spiro atoms. The van der Waals surface area contributed by atoms with Crippen molar-refractivity contribution < 1.29 is 9.47 Å². The second-order valence-electron chi connectivity index (χ2n) is 10.8. The van der Waals surface area contributed by atoms with Crippen LogP contribution in [0.5, 0.6) is 11.8 Å². The topological polar surface area (TPSA) is 87.2 Å². The van der Waals surface area contributed by atoms with Gasteiger partial charge in [0.05, 0.1) is 54.2 Å². The zero-order valence-corrected chi connectivity index (χ0v) is 26.6. The molecule has 1 fully saturated rings. The molecule has 0 saturated heterocycles. The van der Waals surface area contributed by atoms with Gasteiger partial charge < -0.3 is 19.7 Å². The van der Waals surface area contributed by atoms with Crippen LogP contribution in [-0.4, -0.2) is 80.5 Å². The summed E-state index contributed by atoms with van der Waals surface area (Å²) in [6.07, 6.45) is 9.49. The highest BCUT2D eigenvalue weighted by Gasteiger charge is 2.33. The minimum absolute atomic E-state index is 0.376. The number of aryl methyl sites for hydroxylation is 1. The minimum Gasteiger partial charge on any atom is -0.477 e. The molecular weight excluding hydrogens is 638 g/mol. The maximum atomic E-state index is 6.28. The largest absolute Gasteiger partial charge is 0.477 e. The summed E-state index contributed by atoms with van der Waals surface area (Å²) in [6.45, 7) is 5.25. The first kappa shape index (κ1) is 27.7. The Hall–Kier alpha value is -2.47. The molecule has 1 N–H and O–H groups in total. The van der Waals surface area contributed by atoms with E-state index in [0.717, 1.165) is 77.2 Å². The van der Waals surface area contributed by atoms with Crippen LogP contribution in [0.15, 0.2) is 24.4 Å². The molecule has 2 aliphatic rings. The van der Waals surface area contributed by atoms with E-state index < -0.39 is 0 Å². The lowest BCUT2D eigenvalue weighted by molar-refractivity contribution is 0.196. The molecule has 1 aliphatic carbocycles. The summed E-state index contributed by atoms with van der Waals surface area (Å²) >= 11 is 2.38. The Morgan fingerprint density at radius 3 is 2.77 bits per heavy atom. The molecular formula is C28H36IN8O2P. The number of halogens is 1. The van der Waals surface area contributed by atoms with Gasteiger partial charge in [0.25, 0.3) is 0 Å². The van der Waals surface area contributed by atoms with E-state index in [1.165, 1.54) is 0 Å². The molecule has 3 aromatic heterocycles. The molecule has 2 bridgehead atoms. The van der Waals surface area contributed by atoms with Crippen molar-refractivity contribution in [2.75, 3.05) is 40.4 Å². The predicted molar refractivity (Wildman–Crippen MR) is 170 cm³/mol. The molecule has 4 aromatic rings. The molecule has 10 nitrogen and oxygen atoms in total. The van der Waals surface area contributed by atoms with Gasteiger partial charge in [-0.25, -0.2) is 9.13 Å². The van der Waals surface area contributed by atoms with Gasteiger partial charge in [0.1, 0.15) is 0 Å². The quantitative estimate of drug-likeness (QED) is 0.230. The van der Waals surface area contributed by atoms with E-state index in [2.05, 4.69) is 97.9 Å². The van der Waals surface area contributed by atoms with Gasteiger partial charge in [-0.15, -0.1) is 5.10 Å². The number of nitrogens with zero attached hydrogens (tertiary/aromatic N) is 7. The van der Waals surface area contributed by atoms with E-state index in [4.69, 9.17) is 19.7 Å². The van der Waals surface area contributed by atoms with Crippen LogP contribution in [0.1, 0.15) is 42.3 Å². The number of nitrogens with one attached hydrogen (secondary N) is 1. The Morgan fingerprint density at radius 2 is 1.98 bits per heavy atom. The third kappa shape index (κ3) is 5.41. The van der Waals surface area contributed by atoms with E-state index in [-0.39, 0.29) is 0 Å². The van der Waals surface area contributed by atoms with Gasteiger partial charge in [-0.1, -0.05) is 6.07 Å². The van der Waals surface area contributed by atoms with Crippen molar-refractivity contribution >= 4 is 51.5 Å². The fourth-order valence-corrected chi connectivity index (χ4v) is 6.99. The maximum absolute atomic E-state index is 6.28. The van der Waals surface area contributed by atoms with Crippen molar-refractivity contribution in [2.45, 2.75) is 38.3 Å². The van der Waals surface area contributed by atoms with E-state index in [1.54, 1.807) is 4.68 Å². The summed E-state index contributed by atoms with van der Waals surface area (Å²) in [5.74, 6) is 1.43. The van der Waals surface area contributed by atoms with Gasteiger partial charge in [0.15, 0.2) is 0 Å². The lowest BCUT2D eigenvalue weighted by Gasteiger charge is -2.37. The average molecular weight is 675 g/mol. The smallest absolute Gasteiger partial charge is 0.240 e. The molecule has 1 aromatic carbocycles. The zero-order chi connectivity index (χ0) is 27.8. The number of ether oxygens (including phenoxy) is 2. The summed E-state index contributed by atoms with van der Waals surface area (Å²) in [5.41, 5.74) is 6.22. The highest BCUT2D eigenvalue weighted by Crippen LogP contribution is 2.38. The standard InChI is InChI=1S/C28H36IN8O2P/c1-18-22-7-8-25-23-14-19(6-9-26(23)37(32-25)40-29)24-17-31-35(4)28(24)39-13-5-12-38-27(22)33-36(18)21-15-20(16-21)30-10-11-34(2)3/h6-9,14,17,20-21,30,40H,5,10-13,15-16H2,1-4H3/b8-7+. The van der Waals surface area contributed by atoms with E-state index in [0.29, 0.717) is 37.6 Å². The van der Waals surface area contributed by atoms with E-state index in [9.17, 15) is 0 Å². The Morgan fingerprint density at radius 1 is 1.15 bits per heavy atom. The van der Waals surface area contributed by atoms with Crippen molar-refractivity contribution in [1.29, 1.82) is 0 Å². The van der Waals surface area contributed by atoms with Gasteiger partial charge in [-0.2, -0.15) is 10.2 Å². The fraction of sp³-hybridized carbons (Fsp3) is 0.464. The zero-order valence-electron chi connectivity index (χ0n) is 23.4.